The minimum atomic E-state index is -3.32. The average Bonchev–Trinajstić information content (AvgIpc) is 3.14. The van der Waals surface area contributed by atoms with Crippen LogP contribution >= 0.6 is 0 Å². The molecule has 3 aliphatic heterocycles. The molecular weight excluding hydrogens is 499 g/mol. The van der Waals surface area contributed by atoms with Crippen molar-refractivity contribution in [3.63, 3.8) is 0 Å². The van der Waals surface area contributed by atoms with Gasteiger partial charge >= 0.3 is 0 Å². The van der Waals surface area contributed by atoms with E-state index in [0.717, 1.165) is 43.3 Å². The highest BCUT2D eigenvalue weighted by molar-refractivity contribution is 7.92. The molecule has 3 heterocycles. The second kappa shape index (κ2) is 9.86. The van der Waals surface area contributed by atoms with Crippen LogP contribution < -0.4 is 10.0 Å². The summed E-state index contributed by atoms with van der Waals surface area (Å²) in [5.41, 5.74) is 3.20. The summed E-state index contributed by atoms with van der Waals surface area (Å²) < 4.78 is 40.3. The van der Waals surface area contributed by atoms with Gasteiger partial charge in [-0.25, -0.2) is 12.8 Å². The first-order valence-electron chi connectivity index (χ1n) is 12.3. The lowest BCUT2D eigenvalue weighted by Gasteiger charge is -2.32. The van der Waals surface area contributed by atoms with E-state index >= 15 is 4.39 Å². The van der Waals surface area contributed by atoms with Crippen molar-refractivity contribution in [2.75, 3.05) is 24.1 Å². The third-order valence-electron chi connectivity index (χ3n) is 7.33. The van der Waals surface area contributed by atoms with E-state index in [4.69, 9.17) is 0 Å². The summed E-state index contributed by atoms with van der Waals surface area (Å²) in [6.07, 6.45) is 3.11. The molecule has 3 amide bonds. The van der Waals surface area contributed by atoms with Crippen LogP contribution in [0, 0.1) is 5.82 Å². The van der Waals surface area contributed by atoms with Crippen molar-refractivity contribution in [1.29, 1.82) is 0 Å². The standard InChI is InChI=1S/C26H29FN4O5S/c1-37(35,36)29-19-4-2-16(3-5-19)14-30-10-8-17(9-11-30)20-12-18-15-31(26(34)21(18)13-22(20)27)23-6-7-24(32)28-25(23)33/h2-5,12-13,17,23,29H,6-11,14-15H2,1H3,(H,28,32,33). The molecule has 37 heavy (non-hydrogen) atoms. The number of likely N-dealkylation sites (tertiary alicyclic amines) is 1. The van der Waals surface area contributed by atoms with Crippen molar-refractivity contribution < 1.29 is 27.2 Å². The number of amides is 3. The fraction of sp³-hybridized carbons (Fsp3) is 0.423. The summed E-state index contributed by atoms with van der Waals surface area (Å²) in [7, 11) is -3.32. The Kier molecular flexibility index (Phi) is 6.76. The van der Waals surface area contributed by atoms with Gasteiger partial charge < -0.3 is 4.90 Å². The van der Waals surface area contributed by atoms with E-state index in [2.05, 4.69) is 14.9 Å². The predicted molar refractivity (Wildman–Crippen MR) is 135 cm³/mol. The summed E-state index contributed by atoms with van der Waals surface area (Å²) in [5, 5.41) is 2.28. The third kappa shape index (κ3) is 5.52. The molecule has 0 spiro atoms. The van der Waals surface area contributed by atoms with Gasteiger partial charge in [0.1, 0.15) is 11.9 Å². The molecule has 2 saturated heterocycles. The van der Waals surface area contributed by atoms with Crippen LogP contribution in [0.25, 0.3) is 0 Å². The number of carbonyl (C=O) groups is 3. The van der Waals surface area contributed by atoms with Gasteiger partial charge in [0.05, 0.1) is 6.26 Å². The van der Waals surface area contributed by atoms with Crippen LogP contribution in [-0.2, 0) is 32.7 Å². The first kappa shape index (κ1) is 25.3. The normalized spacial score (nSPS) is 21.2. The van der Waals surface area contributed by atoms with E-state index in [0.29, 0.717) is 17.8 Å². The number of fused-ring (bicyclic) bond motifs is 1. The molecular formula is C26H29FN4O5S. The molecule has 0 saturated carbocycles. The van der Waals surface area contributed by atoms with Crippen molar-refractivity contribution in [2.24, 2.45) is 0 Å². The first-order valence-corrected chi connectivity index (χ1v) is 14.2. The maximum Gasteiger partial charge on any atom is 0.255 e. The van der Waals surface area contributed by atoms with E-state index in [-0.39, 0.29) is 42.7 Å². The van der Waals surface area contributed by atoms with Gasteiger partial charge in [0.15, 0.2) is 0 Å². The van der Waals surface area contributed by atoms with Gasteiger partial charge in [-0.3, -0.25) is 29.3 Å². The summed E-state index contributed by atoms with van der Waals surface area (Å²) >= 11 is 0. The number of carbonyl (C=O) groups excluding carboxylic acids is 3. The molecule has 3 aliphatic rings. The lowest BCUT2D eigenvalue weighted by Crippen LogP contribution is -2.52. The number of rotatable bonds is 6. The minimum absolute atomic E-state index is 0.0302. The first-order chi connectivity index (χ1) is 17.6. The highest BCUT2D eigenvalue weighted by Crippen LogP contribution is 2.35. The lowest BCUT2D eigenvalue weighted by molar-refractivity contribution is -0.136. The fourth-order valence-corrected chi connectivity index (χ4v) is 6.04. The van der Waals surface area contributed by atoms with Gasteiger partial charge in [-0.15, -0.1) is 0 Å². The van der Waals surface area contributed by atoms with Crippen molar-refractivity contribution in [2.45, 2.75) is 50.7 Å². The smallest absolute Gasteiger partial charge is 0.255 e. The van der Waals surface area contributed by atoms with E-state index in [9.17, 15) is 22.8 Å². The van der Waals surface area contributed by atoms with Crippen molar-refractivity contribution in [3.05, 3.63) is 64.5 Å². The van der Waals surface area contributed by atoms with Gasteiger partial charge in [-0.05, 0) is 73.2 Å². The van der Waals surface area contributed by atoms with Crippen LogP contribution in [0.1, 0.15) is 58.6 Å². The third-order valence-corrected chi connectivity index (χ3v) is 7.94. The van der Waals surface area contributed by atoms with Crippen molar-refractivity contribution >= 4 is 33.4 Å². The highest BCUT2D eigenvalue weighted by Gasteiger charge is 2.40. The van der Waals surface area contributed by atoms with Crippen LogP contribution in [0.5, 0.6) is 0 Å². The lowest BCUT2D eigenvalue weighted by atomic mass is 9.87. The van der Waals surface area contributed by atoms with Gasteiger partial charge in [0.25, 0.3) is 5.91 Å². The number of hydrogen-bond donors (Lipinski definition) is 2. The highest BCUT2D eigenvalue weighted by atomic mass is 32.2. The summed E-state index contributed by atoms with van der Waals surface area (Å²) in [6.45, 7) is 2.52. The number of halogens is 1. The van der Waals surface area contributed by atoms with Gasteiger partial charge in [0, 0.05) is 30.8 Å². The Labute approximate surface area is 215 Å². The van der Waals surface area contributed by atoms with Gasteiger partial charge in [0.2, 0.25) is 21.8 Å². The van der Waals surface area contributed by atoms with Crippen LogP contribution in [0.3, 0.4) is 0 Å². The van der Waals surface area contributed by atoms with Gasteiger partial charge in [-0.2, -0.15) is 0 Å². The molecule has 2 N–H and O–H groups in total. The maximum absolute atomic E-state index is 15.1. The van der Waals surface area contributed by atoms with Crippen molar-refractivity contribution in [1.82, 2.24) is 15.1 Å². The second-order valence-corrected chi connectivity index (χ2v) is 11.8. The number of piperidine rings is 2. The number of anilines is 1. The molecule has 11 heteroatoms. The maximum atomic E-state index is 15.1. The Morgan fingerprint density at radius 3 is 2.41 bits per heavy atom. The van der Waals surface area contributed by atoms with E-state index in [1.807, 2.05) is 12.1 Å². The molecule has 2 aromatic rings. The van der Waals surface area contributed by atoms with E-state index < -0.39 is 27.8 Å². The van der Waals surface area contributed by atoms with E-state index in [1.54, 1.807) is 18.2 Å². The summed E-state index contributed by atoms with van der Waals surface area (Å²) in [5.74, 6) is -1.56. The SMILES string of the molecule is CS(=O)(=O)Nc1ccc(CN2CCC(c3cc4c(cc3F)C(=O)N(C3CCC(=O)NC3=O)C4)CC2)cc1. The molecule has 0 radical (unpaired) electrons. The Bertz CT molecular complexity index is 1350. The number of hydrogen-bond acceptors (Lipinski definition) is 6. The number of sulfonamides is 1. The Hall–Kier alpha value is -3.31. The molecule has 2 aromatic carbocycles. The van der Waals surface area contributed by atoms with Gasteiger partial charge in [-0.1, -0.05) is 18.2 Å². The molecule has 5 rings (SSSR count). The number of nitrogens with zero attached hydrogens (tertiary/aromatic N) is 2. The molecule has 0 aromatic heterocycles. The Morgan fingerprint density at radius 2 is 1.76 bits per heavy atom. The summed E-state index contributed by atoms with van der Waals surface area (Å²) in [4.78, 5) is 40.4. The second-order valence-electron chi connectivity index (χ2n) is 10.1. The zero-order valence-electron chi connectivity index (χ0n) is 20.5. The van der Waals surface area contributed by atoms with Crippen molar-refractivity contribution in [3.8, 4) is 0 Å². The number of benzene rings is 2. The van der Waals surface area contributed by atoms with Crippen LogP contribution in [0.2, 0.25) is 0 Å². The zero-order chi connectivity index (χ0) is 26.3. The monoisotopic (exact) mass is 528 g/mol. The average molecular weight is 529 g/mol. The fourth-order valence-electron chi connectivity index (χ4n) is 5.47. The van der Waals surface area contributed by atoms with Crippen LogP contribution in [0.4, 0.5) is 10.1 Å². The topological polar surface area (TPSA) is 116 Å². The van der Waals surface area contributed by atoms with Crippen LogP contribution in [-0.4, -0.2) is 61.3 Å². The molecule has 1 atom stereocenters. The Morgan fingerprint density at radius 1 is 1.05 bits per heavy atom. The number of imide groups is 1. The summed E-state index contributed by atoms with van der Waals surface area (Å²) in [6, 6.07) is 9.63. The van der Waals surface area contributed by atoms with Crippen LogP contribution in [0.15, 0.2) is 36.4 Å². The minimum Gasteiger partial charge on any atom is -0.322 e. The zero-order valence-corrected chi connectivity index (χ0v) is 21.3. The predicted octanol–water partition coefficient (Wildman–Crippen LogP) is 2.34. The molecule has 0 aliphatic carbocycles. The molecule has 2 fully saturated rings. The quantitative estimate of drug-likeness (QED) is 0.556. The molecule has 196 valence electrons. The molecule has 1 unspecified atom stereocenters. The van der Waals surface area contributed by atoms with E-state index in [1.165, 1.54) is 11.0 Å². The molecule has 0 bridgehead atoms. The largest absolute Gasteiger partial charge is 0.322 e. The Balaban J connectivity index is 1.21. The number of nitrogens with one attached hydrogen (secondary N) is 2. The molecule has 9 nitrogen and oxygen atoms in total.